The number of hydrogen-bond acceptors (Lipinski definition) is 6. The highest BCUT2D eigenvalue weighted by atomic mass is 35.5. The van der Waals surface area contributed by atoms with Crippen molar-refractivity contribution in [3.05, 3.63) is 121 Å². The molecule has 9 heteroatoms. The summed E-state index contributed by atoms with van der Waals surface area (Å²) in [5.41, 5.74) is 4.13. The molecule has 4 rings (SSSR count). The van der Waals surface area contributed by atoms with Gasteiger partial charge in [-0.25, -0.2) is 4.79 Å². The molecule has 1 heterocycles. The van der Waals surface area contributed by atoms with Gasteiger partial charge in [-0.05, 0) is 54.8 Å². The molecular formula is C30H25Cl2N3O3S. The summed E-state index contributed by atoms with van der Waals surface area (Å²) in [5.74, 6) is -1.45. The third-order valence-corrected chi connectivity index (χ3v) is 7.85. The zero-order chi connectivity index (χ0) is 27.9. The number of rotatable bonds is 8. The van der Waals surface area contributed by atoms with Crippen LogP contribution in [0.25, 0.3) is 0 Å². The minimum atomic E-state index is -0.697. The van der Waals surface area contributed by atoms with Crippen LogP contribution in [0.4, 0.5) is 5.69 Å². The smallest absolute Gasteiger partial charge is 0.337 e. The van der Waals surface area contributed by atoms with Crippen molar-refractivity contribution < 1.29 is 14.3 Å². The first kappa shape index (κ1) is 28.3. The summed E-state index contributed by atoms with van der Waals surface area (Å²) in [4.78, 5) is 26.1. The van der Waals surface area contributed by atoms with E-state index in [9.17, 15) is 14.9 Å². The number of carbonyl (C=O) groups is 2. The van der Waals surface area contributed by atoms with E-state index in [4.69, 9.17) is 27.9 Å². The highest BCUT2D eigenvalue weighted by molar-refractivity contribution is 8.03. The molecule has 39 heavy (non-hydrogen) atoms. The van der Waals surface area contributed by atoms with Gasteiger partial charge in [0, 0.05) is 21.4 Å². The molecule has 0 saturated heterocycles. The van der Waals surface area contributed by atoms with Gasteiger partial charge in [0.1, 0.15) is 6.61 Å². The molecule has 1 aliphatic rings. The van der Waals surface area contributed by atoms with E-state index in [1.807, 2.05) is 37.3 Å². The Labute approximate surface area is 241 Å². The number of thioether (sulfide) groups is 1. The Morgan fingerprint density at radius 2 is 1.74 bits per heavy atom. The number of halogens is 2. The zero-order valence-corrected chi connectivity index (χ0v) is 23.6. The number of amides is 1. The third kappa shape index (κ3) is 6.85. The fourth-order valence-electron chi connectivity index (χ4n) is 4.15. The highest BCUT2D eigenvalue weighted by Crippen LogP contribution is 2.41. The first-order valence-electron chi connectivity index (χ1n) is 12.0. The normalized spacial score (nSPS) is 14.9. The first-order valence-corrected chi connectivity index (χ1v) is 13.8. The second-order valence-electron chi connectivity index (χ2n) is 8.81. The van der Waals surface area contributed by atoms with Gasteiger partial charge in [0.2, 0.25) is 5.91 Å². The van der Waals surface area contributed by atoms with E-state index in [2.05, 4.69) is 16.7 Å². The van der Waals surface area contributed by atoms with Crippen LogP contribution in [0.3, 0.4) is 0 Å². The molecule has 1 amide bonds. The average Bonchev–Trinajstić information content (AvgIpc) is 2.93. The Kier molecular flexibility index (Phi) is 9.36. The molecule has 6 nitrogen and oxygen atoms in total. The van der Waals surface area contributed by atoms with Crippen molar-refractivity contribution in [2.24, 2.45) is 0 Å². The fourth-order valence-corrected chi connectivity index (χ4v) is 5.35. The van der Waals surface area contributed by atoms with Crippen LogP contribution in [0, 0.1) is 18.3 Å². The molecule has 0 aromatic heterocycles. The molecule has 0 spiro atoms. The maximum absolute atomic E-state index is 13.4. The van der Waals surface area contributed by atoms with E-state index < -0.39 is 11.9 Å². The van der Waals surface area contributed by atoms with Crippen molar-refractivity contribution in [2.45, 2.75) is 26.4 Å². The predicted octanol–water partition coefficient (Wildman–Crippen LogP) is 7.11. The number of nitrogens with zero attached hydrogens (tertiary/aromatic N) is 1. The molecule has 0 bridgehead atoms. The Morgan fingerprint density at radius 1 is 1.03 bits per heavy atom. The van der Waals surface area contributed by atoms with Gasteiger partial charge in [-0.1, -0.05) is 83.5 Å². The second kappa shape index (κ2) is 12.9. The Hall–Kier alpha value is -3.70. The maximum atomic E-state index is 13.4. The standard InChI is InChI=1S/C30H25Cl2N3O3S/c1-18-24(32)9-6-10-25(18)35-26(36)17-39-29-23(15-33)28(21-11-13-22(31)14-12-21)27(19(2)34-29)30(37)38-16-20-7-4-3-5-8-20/h3-14,28,34H,16-17H2,1-2H3,(H,35,36). The molecule has 0 fully saturated rings. The lowest BCUT2D eigenvalue weighted by atomic mass is 9.82. The van der Waals surface area contributed by atoms with E-state index in [0.29, 0.717) is 43.2 Å². The monoisotopic (exact) mass is 577 g/mol. The summed E-state index contributed by atoms with van der Waals surface area (Å²) in [6, 6.07) is 23.9. The zero-order valence-electron chi connectivity index (χ0n) is 21.3. The summed E-state index contributed by atoms with van der Waals surface area (Å²) >= 11 is 13.5. The highest BCUT2D eigenvalue weighted by Gasteiger charge is 2.35. The van der Waals surface area contributed by atoms with Gasteiger partial charge in [-0.3, -0.25) is 4.79 Å². The minimum absolute atomic E-state index is 0.0356. The minimum Gasteiger partial charge on any atom is -0.457 e. The van der Waals surface area contributed by atoms with Crippen molar-refractivity contribution in [2.75, 3.05) is 11.1 Å². The Morgan fingerprint density at radius 3 is 2.44 bits per heavy atom. The van der Waals surface area contributed by atoms with Gasteiger partial charge < -0.3 is 15.4 Å². The van der Waals surface area contributed by atoms with Crippen LogP contribution in [0.1, 0.15) is 29.5 Å². The van der Waals surface area contributed by atoms with Crippen molar-refractivity contribution in [1.82, 2.24) is 5.32 Å². The number of nitriles is 1. The van der Waals surface area contributed by atoms with Gasteiger partial charge >= 0.3 is 5.97 Å². The molecule has 1 aliphatic heterocycles. The quantitative estimate of drug-likeness (QED) is 0.277. The van der Waals surface area contributed by atoms with Crippen LogP contribution in [-0.4, -0.2) is 17.6 Å². The van der Waals surface area contributed by atoms with Gasteiger partial charge in [0.25, 0.3) is 0 Å². The van der Waals surface area contributed by atoms with Crippen LogP contribution in [-0.2, 0) is 20.9 Å². The lowest BCUT2D eigenvalue weighted by Gasteiger charge is -2.29. The van der Waals surface area contributed by atoms with Gasteiger partial charge in [-0.2, -0.15) is 5.26 Å². The maximum Gasteiger partial charge on any atom is 0.337 e. The van der Waals surface area contributed by atoms with E-state index in [1.54, 1.807) is 49.4 Å². The predicted molar refractivity (Wildman–Crippen MR) is 156 cm³/mol. The van der Waals surface area contributed by atoms with E-state index in [0.717, 1.165) is 11.1 Å². The molecule has 0 saturated carbocycles. The molecule has 0 radical (unpaired) electrons. The van der Waals surface area contributed by atoms with E-state index in [1.165, 1.54) is 11.8 Å². The number of anilines is 1. The lowest BCUT2D eigenvalue weighted by Crippen LogP contribution is -2.29. The SMILES string of the molecule is CC1=C(C(=O)OCc2ccccc2)C(c2ccc(Cl)cc2)C(C#N)=C(SCC(=O)Nc2cccc(Cl)c2C)N1. The lowest BCUT2D eigenvalue weighted by molar-refractivity contribution is -0.140. The van der Waals surface area contributed by atoms with Crippen LogP contribution in [0.15, 0.2) is 94.7 Å². The van der Waals surface area contributed by atoms with Gasteiger partial charge in [0.15, 0.2) is 0 Å². The summed E-state index contributed by atoms with van der Waals surface area (Å²) in [6.45, 7) is 3.68. The Balaban J connectivity index is 1.59. The van der Waals surface area contributed by atoms with E-state index >= 15 is 0 Å². The number of allylic oxidation sites excluding steroid dienone is 2. The average molecular weight is 579 g/mol. The van der Waals surface area contributed by atoms with Crippen LogP contribution in [0.5, 0.6) is 0 Å². The molecule has 1 unspecified atom stereocenters. The molecule has 1 atom stereocenters. The number of benzene rings is 3. The second-order valence-corrected chi connectivity index (χ2v) is 10.6. The molecular weight excluding hydrogens is 553 g/mol. The summed E-state index contributed by atoms with van der Waals surface area (Å²) in [7, 11) is 0. The van der Waals surface area contributed by atoms with Crippen molar-refractivity contribution in [1.29, 1.82) is 5.26 Å². The number of dihydropyridines is 1. The number of hydrogen-bond donors (Lipinski definition) is 2. The fraction of sp³-hybridized carbons (Fsp3) is 0.167. The largest absolute Gasteiger partial charge is 0.457 e. The Bertz CT molecular complexity index is 1500. The van der Waals surface area contributed by atoms with Crippen LogP contribution >= 0.6 is 35.0 Å². The molecule has 3 aromatic rings. The van der Waals surface area contributed by atoms with Crippen LogP contribution in [0.2, 0.25) is 10.0 Å². The molecule has 198 valence electrons. The number of ether oxygens (including phenoxy) is 1. The summed E-state index contributed by atoms with van der Waals surface area (Å²) in [6.07, 6.45) is 0. The topological polar surface area (TPSA) is 91.2 Å². The number of nitrogens with one attached hydrogen (secondary N) is 2. The van der Waals surface area contributed by atoms with Gasteiger partial charge in [-0.15, -0.1) is 0 Å². The van der Waals surface area contributed by atoms with E-state index in [-0.39, 0.29) is 18.3 Å². The third-order valence-electron chi connectivity index (χ3n) is 6.17. The number of carbonyl (C=O) groups excluding carboxylic acids is 2. The first-order chi connectivity index (χ1) is 18.8. The molecule has 2 N–H and O–H groups in total. The van der Waals surface area contributed by atoms with Gasteiger partial charge in [0.05, 0.1) is 33.9 Å². The summed E-state index contributed by atoms with van der Waals surface area (Å²) in [5, 5.41) is 17.9. The van der Waals surface area contributed by atoms with Crippen LogP contribution < -0.4 is 10.6 Å². The molecule has 0 aliphatic carbocycles. The van der Waals surface area contributed by atoms with Crippen molar-refractivity contribution >= 4 is 52.5 Å². The molecule has 3 aromatic carbocycles. The summed E-state index contributed by atoms with van der Waals surface area (Å²) < 4.78 is 5.65. The van der Waals surface area contributed by atoms with Crippen molar-refractivity contribution in [3.63, 3.8) is 0 Å². The van der Waals surface area contributed by atoms with Crippen molar-refractivity contribution in [3.8, 4) is 6.07 Å². The number of esters is 1.